The second-order valence-corrected chi connectivity index (χ2v) is 3.65. The third kappa shape index (κ3) is 2.17. The Balaban J connectivity index is 2.76. The Bertz CT molecular complexity index is 229. The maximum atomic E-state index is 12.4. The van der Waals surface area contributed by atoms with Gasteiger partial charge >= 0.3 is 6.18 Å². The normalized spacial score (nSPS) is 25.6. The van der Waals surface area contributed by atoms with Crippen LogP contribution >= 0.6 is 0 Å². The predicted molar refractivity (Wildman–Crippen MR) is 44.4 cm³/mol. The summed E-state index contributed by atoms with van der Waals surface area (Å²) in [5.41, 5.74) is 5.03. The summed E-state index contributed by atoms with van der Waals surface area (Å²) in [5.74, 6) is -0.468. The molecule has 14 heavy (non-hydrogen) atoms. The van der Waals surface area contributed by atoms with Gasteiger partial charge in [-0.1, -0.05) is 6.92 Å². The van der Waals surface area contributed by atoms with Gasteiger partial charge in [0, 0.05) is 19.5 Å². The quantitative estimate of drug-likeness (QED) is 0.730. The topological polar surface area (TPSA) is 46.3 Å². The minimum atomic E-state index is -4.42. The van der Waals surface area contributed by atoms with Crippen LogP contribution in [0.5, 0.6) is 0 Å². The van der Waals surface area contributed by atoms with Crippen LogP contribution in [0.4, 0.5) is 13.2 Å². The average Bonchev–Trinajstić information content (AvgIpc) is 2.29. The summed E-state index contributed by atoms with van der Waals surface area (Å²) in [6.07, 6.45) is -4.24. The molecule has 0 radical (unpaired) electrons. The van der Waals surface area contributed by atoms with Gasteiger partial charge in [-0.3, -0.25) is 4.79 Å². The van der Waals surface area contributed by atoms with Crippen molar-refractivity contribution in [3.63, 3.8) is 0 Å². The molecule has 1 rings (SSSR count). The van der Waals surface area contributed by atoms with Crippen LogP contribution in [0, 0.1) is 5.92 Å². The van der Waals surface area contributed by atoms with E-state index in [-0.39, 0.29) is 18.9 Å². The number of amides is 1. The lowest BCUT2D eigenvalue weighted by atomic mass is 10.2. The molecule has 0 aromatic rings. The lowest BCUT2D eigenvalue weighted by Gasteiger charge is -2.28. The molecule has 0 saturated carbocycles. The Morgan fingerprint density at radius 2 is 2.21 bits per heavy atom. The van der Waals surface area contributed by atoms with Gasteiger partial charge in [0.15, 0.2) is 0 Å². The summed E-state index contributed by atoms with van der Waals surface area (Å²) in [5, 5.41) is 0. The first-order chi connectivity index (χ1) is 6.36. The Labute approximate surface area is 80.0 Å². The zero-order chi connectivity index (χ0) is 10.9. The molecule has 0 aromatic carbocycles. The van der Waals surface area contributed by atoms with E-state index in [1.165, 1.54) is 0 Å². The van der Waals surface area contributed by atoms with E-state index < -0.39 is 24.7 Å². The lowest BCUT2D eigenvalue weighted by molar-refractivity contribution is -0.184. The molecule has 1 aliphatic heterocycles. The van der Waals surface area contributed by atoms with Crippen LogP contribution in [0.15, 0.2) is 0 Å². The molecule has 82 valence electrons. The van der Waals surface area contributed by atoms with Crippen molar-refractivity contribution in [3.8, 4) is 0 Å². The van der Waals surface area contributed by atoms with Crippen LogP contribution in [0.25, 0.3) is 0 Å². The molecule has 0 spiro atoms. The predicted octanol–water partition coefficient (Wildman–Crippen LogP) is 0.744. The first-order valence-electron chi connectivity index (χ1n) is 4.42. The fourth-order valence-corrected chi connectivity index (χ4v) is 1.66. The van der Waals surface area contributed by atoms with E-state index >= 15 is 0 Å². The third-order valence-corrected chi connectivity index (χ3v) is 2.33. The lowest BCUT2D eigenvalue weighted by Crippen LogP contribution is -2.50. The van der Waals surface area contributed by atoms with E-state index in [1.807, 2.05) is 0 Å². The largest absolute Gasteiger partial charge is 0.410 e. The Hall–Kier alpha value is -0.780. The molecule has 2 unspecified atom stereocenters. The van der Waals surface area contributed by atoms with Gasteiger partial charge in [0.25, 0.3) is 0 Å². The van der Waals surface area contributed by atoms with E-state index in [0.717, 1.165) is 4.90 Å². The summed E-state index contributed by atoms with van der Waals surface area (Å²) >= 11 is 0. The van der Waals surface area contributed by atoms with Crippen LogP contribution in [-0.2, 0) is 4.79 Å². The summed E-state index contributed by atoms with van der Waals surface area (Å²) in [6.45, 7) is 1.34. The Kier molecular flexibility index (Phi) is 3.04. The number of nitrogens with two attached hydrogens (primary N) is 1. The average molecular weight is 210 g/mol. The number of carbonyl (C=O) groups excluding carboxylic acids is 1. The van der Waals surface area contributed by atoms with Crippen molar-refractivity contribution in [3.05, 3.63) is 0 Å². The molecule has 2 N–H and O–H groups in total. The summed E-state index contributed by atoms with van der Waals surface area (Å²) in [7, 11) is 0. The summed E-state index contributed by atoms with van der Waals surface area (Å²) < 4.78 is 37.2. The zero-order valence-electron chi connectivity index (χ0n) is 7.84. The van der Waals surface area contributed by atoms with Crippen molar-refractivity contribution in [1.29, 1.82) is 0 Å². The molecule has 1 amide bonds. The van der Waals surface area contributed by atoms with Crippen molar-refractivity contribution < 1.29 is 18.0 Å². The number of alkyl halides is 3. The van der Waals surface area contributed by atoms with Gasteiger partial charge in [0.05, 0.1) is 0 Å². The van der Waals surface area contributed by atoms with Crippen LogP contribution in [0.3, 0.4) is 0 Å². The van der Waals surface area contributed by atoms with Crippen LogP contribution < -0.4 is 5.73 Å². The molecular weight excluding hydrogens is 197 g/mol. The summed E-state index contributed by atoms with van der Waals surface area (Å²) in [6, 6.07) is -1.82. The van der Waals surface area contributed by atoms with Gasteiger partial charge < -0.3 is 10.6 Å². The number of rotatable bonds is 2. The van der Waals surface area contributed by atoms with E-state index in [4.69, 9.17) is 5.73 Å². The molecule has 2 atom stereocenters. The molecular formula is C8H13F3N2O. The third-order valence-electron chi connectivity index (χ3n) is 2.33. The Morgan fingerprint density at radius 1 is 1.64 bits per heavy atom. The van der Waals surface area contributed by atoms with Crippen molar-refractivity contribution in [2.45, 2.75) is 25.6 Å². The molecule has 0 aromatic heterocycles. The van der Waals surface area contributed by atoms with Crippen LogP contribution in [0.1, 0.15) is 13.3 Å². The number of halogens is 3. The maximum absolute atomic E-state index is 12.4. The second kappa shape index (κ2) is 3.76. The minimum Gasteiger partial charge on any atom is -0.329 e. The van der Waals surface area contributed by atoms with Crippen molar-refractivity contribution in [1.82, 2.24) is 4.90 Å². The molecule has 0 aliphatic carbocycles. The standard InChI is InChI=1S/C8H13F3N2O/c1-5-2-7(14)13(4-5)6(3-12)8(9,10)11/h5-6H,2-4,12H2,1H3. The number of hydrogen-bond donors (Lipinski definition) is 1. The molecule has 6 heteroatoms. The van der Waals surface area contributed by atoms with E-state index in [9.17, 15) is 18.0 Å². The highest BCUT2D eigenvalue weighted by atomic mass is 19.4. The molecule has 1 fully saturated rings. The molecule has 1 heterocycles. The molecule has 1 aliphatic rings. The highest BCUT2D eigenvalue weighted by molar-refractivity contribution is 5.79. The van der Waals surface area contributed by atoms with Gasteiger partial charge in [-0.15, -0.1) is 0 Å². The second-order valence-electron chi connectivity index (χ2n) is 3.65. The first kappa shape index (κ1) is 11.3. The van der Waals surface area contributed by atoms with Gasteiger partial charge in [-0.2, -0.15) is 13.2 Å². The van der Waals surface area contributed by atoms with Crippen molar-refractivity contribution in [2.75, 3.05) is 13.1 Å². The molecule has 1 saturated heterocycles. The van der Waals surface area contributed by atoms with Crippen molar-refractivity contribution >= 4 is 5.91 Å². The molecule has 0 bridgehead atoms. The van der Waals surface area contributed by atoms with Gasteiger partial charge in [-0.25, -0.2) is 0 Å². The van der Waals surface area contributed by atoms with Gasteiger partial charge in [0.1, 0.15) is 6.04 Å². The number of likely N-dealkylation sites (tertiary alicyclic amines) is 1. The van der Waals surface area contributed by atoms with Gasteiger partial charge in [0.2, 0.25) is 5.91 Å². The highest BCUT2D eigenvalue weighted by Gasteiger charge is 2.46. The number of nitrogens with zero attached hydrogens (tertiary/aromatic N) is 1. The van der Waals surface area contributed by atoms with Crippen molar-refractivity contribution in [2.24, 2.45) is 11.7 Å². The number of hydrogen-bond acceptors (Lipinski definition) is 2. The Morgan fingerprint density at radius 3 is 2.50 bits per heavy atom. The fraction of sp³-hybridized carbons (Fsp3) is 0.875. The van der Waals surface area contributed by atoms with E-state index in [2.05, 4.69) is 0 Å². The SMILES string of the molecule is CC1CC(=O)N(C(CN)C(F)(F)F)C1. The van der Waals surface area contributed by atoms with Crippen LogP contribution in [0.2, 0.25) is 0 Å². The van der Waals surface area contributed by atoms with Gasteiger partial charge in [-0.05, 0) is 5.92 Å². The van der Waals surface area contributed by atoms with E-state index in [0.29, 0.717) is 0 Å². The fourth-order valence-electron chi connectivity index (χ4n) is 1.66. The number of carbonyl (C=O) groups is 1. The minimum absolute atomic E-state index is 0.0149. The monoisotopic (exact) mass is 210 g/mol. The molecule has 3 nitrogen and oxygen atoms in total. The zero-order valence-corrected chi connectivity index (χ0v) is 7.84. The van der Waals surface area contributed by atoms with E-state index in [1.54, 1.807) is 6.92 Å². The summed E-state index contributed by atoms with van der Waals surface area (Å²) in [4.78, 5) is 12.0. The van der Waals surface area contributed by atoms with Crippen LogP contribution in [-0.4, -0.2) is 36.1 Å². The smallest absolute Gasteiger partial charge is 0.329 e. The highest BCUT2D eigenvalue weighted by Crippen LogP contribution is 2.29. The first-order valence-corrected chi connectivity index (χ1v) is 4.42. The maximum Gasteiger partial charge on any atom is 0.410 e.